The Morgan fingerprint density at radius 3 is 1.08 bits per heavy atom. The van der Waals surface area contributed by atoms with Crippen molar-refractivity contribution in [2.75, 3.05) is 0 Å². The van der Waals surface area contributed by atoms with Gasteiger partial charge in [0.15, 0.2) is 0 Å². The summed E-state index contributed by atoms with van der Waals surface area (Å²) in [6.07, 6.45) is 0. The van der Waals surface area contributed by atoms with Crippen LogP contribution in [0.25, 0.3) is 0 Å². The van der Waals surface area contributed by atoms with E-state index in [-0.39, 0.29) is 86.3 Å². The van der Waals surface area contributed by atoms with Crippen LogP contribution in [0.1, 0.15) is 0 Å². The van der Waals surface area contributed by atoms with Crippen LogP contribution in [0.15, 0.2) is 0 Å². The number of hydrogen-bond acceptors (Lipinski definition) is 2. The van der Waals surface area contributed by atoms with Crippen LogP contribution in [-0.4, -0.2) is 33.5 Å². The van der Waals surface area contributed by atoms with Gasteiger partial charge >= 0.3 is 46.5 Å². The average molecular weight is 406 g/mol. The van der Waals surface area contributed by atoms with Crippen molar-refractivity contribution in [3.8, 4) is 0 Å². The van der Waals surface area contributed by atoms with Gasteiger partial charge in [-0.1, -0.05) is 0 Å². The summed E-state index contributed by atoms with van der Waals surface area (Å²) in [7, 11) is -4.64. The molecule has 0 aliphatic heterocycles. The molecular weight excluding hydrogens is 402 g/mol. The Balaban J connectivity index is -0.00000000671. The van der Waals surface area contributed by atoms with E-state index >= 15 is 0 Å². The minimum atomic E-state index is -4.64. The molecule has 0 fully saturated rings. The van der Waals surface area contributed by atoms with Gasteiger partial charge in [0.1, 0.15) is 0 Å². The summed E-state index contributed by atoms with van der Waals surface area (Å²) in [5, 5.41) is 0. The molecule has 12 heteroatoms. The molecule has 0 aliphatic carbocycles. The van der Waals surface area contributed by atoms with Crippen LogP contribution in [0.2, 0.25) is 0 Å². The van der Waals surface area contributed by atoms with Gasteiger partial charge in [-0.05, 0) is 0 Å². The predicted molar refractivity (Wildman–Crippen MR) is 22.1 cm³/mol. The summed E-state index contributed by atoms with van der Waals surface area (Å²) in [5.41, 5.74) is 0. The van der Waals surface area contributed by atoms with E-state index in [1.54, 1.807) is 0 Å². The molecule has 0 saturated carbocycles. The molecule has 0 saturated heterocycles. The maximum atomic E-state index is 8.88. The standard InChI is InChI=1S/Co.2Fe.Li.Mn.Ni.H3O4P.O.H/c;;;;;;1-5(2,3)4;;/h;;;;;;(H3,1,2,3,4);;. The molecular formula is H4CoFe2LiMnNiO5P. The van der Waals surface area contributed by atoms with Crippen molar-refractivity contribution in [2.45, 2.75) is 0 Å². The summed E-state index contributed by atoms with van der Waals surface area (Å²) in [6, 6.07) is 0. The van der Waals surface area contributed by atoms with Crippen LogP contribution >= 0.6 is 7.82 Å². The summed E-state index contributed by atoms with van der Waals surface area (Å²) in [5.74, 6) is 0. The van der Waals surface area contributed by atoms with Crippen molar-refractivity contribution in [1.82, 2.24) is 0 Å². The van der Waals surface area contributed by atoms with Gasteiger partial charge in [-0.15, -0.1) is 0 Å². The van der Waals surface area contributed by atoms with Crippen LogP contribution in [-0.2, 0) is 91.8 Å². The summed E-state index contributed by atoms with van der Waals surface area (Å²) >= 11 is 2.00. The van der Waals surface area contributed by atoms with E-state index in [1.165, 1.54) is 0 Å². The molecule has 3 N–H and O–H groups in total. The van der Waals surface area contributed by atoms with Crippen LogP contribution in [0.4, 0.5) is 0 Å². The van der Waals surface area contributed by atoms with Crippen molar-refractivity contribution in [3.05, 3.63) is 0 Å². The Kier molecular flexibility index (Phi) is 112. The van der Waals surface area contributed by atoms with E-state index in [9.17, 15) is 0 Å². The van der Waals surface area contributed by atoms with Gasteiger partial charge in [0.05, 0.1) is 0 Å². The Hall–Kier alpha value is 3.07. The van der Waals surface area contributed by atoms with Crippen LogP contribution in [0.5, 0.6) is 0 Å². The topological polar surface area (TPSA) is 94.8 Å². The van der Waals surface area contributed by atoms with E-state index < -0.39 is 7.82 Å². The molecule has 0 aromatic carbocycles. The van der Waals surface area contributed by atoms with Crippen molar-refractivity contribution in [1.29, 1.82) is 0 Å². The van der Waals surface area contributed by atoms with E-state index in [4.69, 9.17) is 23.1 Å². The third-order valence-electron chi connectivity index (χ3n) is 0. The molecule has 0 atom stereocenters. The first-order valence-corrected chi connectivity index (χ1v) is 2.94. The minimum absolute atomic E-state index is 0. The fraction of sp³-hybridized carbons (Fsp3) is 0. The van der Waals surface area contributed by atoms with Crippen molar-refractivity contribution < 1.29 is 106 Å². The van der Waals surface area contributed by atoms with Crippen LogP contribution < -0.4 is 0 Å². The summed E-state index contributed by atoms with van der Waals surface area (Å²) in [4.78, 5) is 21.6. The third-order valence-corrected chi connectivity index (χ3v) is 0. The zero-order chi connectivity index (χ0) is 6.50. The second kappa shape index (κ2) is 29.2. The number of hydrogen-bond donors (Lipinski definition) is 3. The summed E-state index contributed by atoms with van der Waals surface area (Å²) in [6.45, 7) is 0. The van der Waals surface area contributed by atoms with Gasteiger partial charge in [-0.3, -0.25) is 0 Å². The third kappa shape index (κ3) is 202. The molecule has 0 heterocycles. The first-order chi connectivity index (χ1) is 3.00. The van der Waals surface area contributed by atoms with Gasteiger partial charge in [0.25, 0.3) is 0 Å². The maximum absolute atomic E-state index is 8.88. The molecule has 0 amide bonds. The molecule has 2 radical (unpaired) electrons. The van der Waals surface area contributed by atoms with Crippen LogP contribution in [0.3, 0.4) is 0 Å². The van der Waals surface area contributed by atoms with Gasteiger partial charge < -0.3 is 14.7 Å². The predicted octanol–water partition coefficient (Wildman–Crippen LogP) is -1.71. The zero-order valence-electron chi connectivity index (χ0n) is 4.34. The molecule has 0 spiro atoms. The molecule has 0 bridgehead atoms. The summed E-state index contributed by atoms with van der Waals surface area (Å²) < 4.78 is 16.9. The Morgan fingerprint density at radius 1 is 1.08 bits per heavy atom. The molecule has 0 aromatic rings. The van der Waals surface area contributed by atoms with E-state index in [2.05, 4.69) is 0 Å². The SMILES string of the molecule is O=P(O)(O)O.[Co].[Fe].[LiH].[Mn].[Ni].[O]=[Fe]. The van der Waals surface area contributed by atoms with Gasteiger partial charge in [0.2, 0.25) is 0 Å². The fourth-order valence-corrected chi connectivity index (χ4v) is 0. The van der Waals surface area contributed by atoms with Crippen molar-refractivity contribution in [2.24, 2.45) is 0 Å². The van der Waals surface area contributed by atoms with Gasteiger partial charge in [-0.25, -0.2) is 4.57 Å². The first-order valence-electron chi connectivity index (χ1n) is 0.927. The average Bonchev–Trinajstić information content (AvgIpc) is 1.36. The normalized spacial score (nSPS) is 5.33. The Morgan fingerprint density at radius 2 is 1.08 bits per heavy atom. The Bertz CT molecular complexity index is 85.3. The first kappa shape index (κ1) is 45.8. The quantitative estimate of drug-likeness (QED) is 0.329. The van der Waals surface area contributed by atoms with Gasteiger partial charge in [-0.2, -0.15) is 0 Å². The molecule has 12 heavy (non-hydrogen) atoms. The van der Waals surface area contributed by atoms with Crippen molar-refractivity contribution in [3.63, 3.8) is 0 Å². The second-order valence-corrected chi connectivity index (χ2v) is 1.54. The Labute approximate surface area is 131 Å². The molecule has 0 rings (SSSR count). The molecule has 0 aromatic heterocycles. The van der Waals surface area contributed by atoms with E-state index in [0.29, 0.717) is 0 Å². The van der Waals surface area contributed by atoms with Crippen LogP contribution in [0, 0.1) is 0 Å². The monoisotopic (exact) mass is 406 g/mol. The second-order valence-electron chi connectivity index (χ2n) is 0.513. The number of phosphoric acid groups is 1. The molecule has 82 valence electrons. The molecule has 0 aliphatic rings. The van der Waals surface area contributed by atoms with E-state index in [0.717, 1.165) is 0 Å². The fourth-order valence-electron chi connectivity index (χ4n) is 0. The number of rotatable bonds is 0. The van der Waals surface area contributed by atoms with E-state index in [1.807, 2.05) is 15.9 Å². The zero-order valence-corrected chi connectivity index (χ0v) is 10.7. The molecule has 5 nitrogen and oxygen atoms in total. The van der Waals surface area contributed by atoms with Crippen molar-refractivity contribution >= 4 is 26.7 Å². The van der Waals surface area contributed by atoms with Gasteiger partial charge in [0, 0.05) is 67.4 Å². The molecule has 0 unspecified atom stereocenters.